The standard InChI is InChI=1S/C26H27N2.HI/c1-18-14-23-17-25(28(5)26(27(3)4)24(23)15-19(18)2)22-13-9-12-21(16-22)20-10-7-6-8-11-20;/h6-17H,1-5H3;1H/q+1;/p-1. The Bertz CT molecular complexity index is 1160. The molecule has 0 saturated carbocycles. The molecule has 0 amide bonds. The second-order valence-electron chi connectivity index (χ2n) is 7.78. The van der Waals surface area contributed by atoms with Crippen LogP contribution >= 0.6 is 0 Å². The smallest absolute Gasteiger partial charge is 0.284 e. The zero-order chi connectivity index (χ0) is 19.8. The molecule has 0 spiro atoms. The molecule has 0 atom stereocenters. The van der Waals surface area contributed by atoms with Crippen molar-refractivity contribution in [3.8, 4) is 22.4 Å². The summed E-state index contributed by atoms with van der Waals surface area (Å²) < 4.78 is 2.31. The maximum atomic E-state index is 2.32. The van der Waals surface area contributed by atoms with Crippen molar-refractivity contribution in [1.82, 2.24) is 0 Å². The van der Waals surface area contributed by atoms with Crippen molar-refractivity contribution >= 4 is 16.6 Å². The number of hydrogen-bond donors (Lipinski definition) is 0. The molecule has 29 heavy (non-hydrogen) atoms. The fourth-order valence-corrected chi connectivity index (χ4v) is 4.00. The molecular formula is C26H27IN2. The molecule has 0 saturated heterocycles. The molecule has 0 radical (unpaired) electrons. The van der Waals surface area contributed by atoms with E-state index in [0.717, 1.165) is 0 Å². The zero-order valence-electron chi connectivity index (χ0n) is 17.7. The van der Waals surface area contributed by atoms with Crippen molar-refractivity contribution < 1.29 is 28.5 Å². The van der Waals surface area contributed by atoms with Crippen LogP contribution in [0.2, 0.25) is 0 Å². The Morgan fingerprint density at radius 1 is 0.690 bits per heavy atom. The Kier molecular flexibility index (Phi) is 6.27. The highest BCUT2D eigenvalue weighted by Crippen LogP contribution is 2.31. The number of fused-ring (bicyclic) bond motifs is 1. The molecule has 0 N–H and O–H groups in total. The topological polar surface area (TPSA) is 7.12 Å². The van der Waals surface area contributed by atoms with E-state index in [-0.39, 0.29) is 24.0 Å². The van der Waals surface area contributed by atoms with E-state index in [9.17, 15) is 0 Å². The molecule has 0 unspecified atom stereocenters. The van der Waals surface area contributed by atoms with Crippen LogP contribution in [0.25, 0.3) is 33.2 Å². The molecule has 0 aliphatic heterocycles. The monoisotopic (exact) mass is 494 g/mol. The van der Waals surface area contributed by atoms with Gasteiger partial charge >= 0.3 is 0 Å². The number of nitrogens with zero attached hydrogens (tertiary/aromatic N) is 2. The minimum absolute atomic E-state index is 0. The maximum absolute atomic E-state index is 2.32. The van der Waals surface area contributed by atoms with Crippen LogP contribution in [0.1, 0.15) is 11.1 Å². The van der Waals surface area contributed by atoms with E-state index in [1.807, 2.05) is 0 Å². The Balaban J connectivity index is 0.00000240. The molecule has 1 aromatic heterocycles. The number of aromatic nitrogens is 1. The van der Waals surface area contributed by atoms with Crippen LogP contribution < -0.4 is 33.4 Å². The molecule has 148 valence electrons. The first-order valence-corrected chi connectivity index (χ1v) is 9.73. The number of anilines is 1. The number of hydrogen-bond acceptors (Lipinski definition) is 1. The van der Waals surface area contributed by atoms with Gasteiger partial charge in [0.15, 0.2) is 0 Å². The molecular weight excluding hydrogens is 467 g/mol. The van der Waals surface area contributed by atoms with Crippen molar-refractivity contribution in [1.29, 1.82) is 0 Å². The summed E-state index contributed by atoms with van der Waals surface area (Å²) in [6.45, 7) is 4.37. The van der Waals surface area contributed by atoms with Gasteiger partial charge in [0.05, 0.1) is 26.5 Å². The van der Waals surface area contributed by atoms with E-state index >= 15 is 0 Å². The molecule has 3 heteroatoms. The first-order chi connectivity index (χ1) is 13.5. The first-order valence-electron chi connectivity index (χ1n) is 9.73. The van der Waals surface area contributed by atoms with Gasteiger partial charge in [-0.15, -0.1) is 0 Å². The van der Waals surface area contributed by atoms with Gasteiger partial charge in [-0.05, 0) is 59.7 Å². The molecule has 3 aromatic carbocycles. The molecule has 4 aromatic rings. The van der Waals surface area contributed by atoms with Crippen LogP contribution in [0.15, 0.2) is 72.8 Å². The Labute approximate surface area is 190 Å². The number of rotatable bonds is 3. The molecule has 0 bridgehead atoms. The number of aryl methyl sites for hydroxylation is 2. The molecule has 0 aliphatic carbocycles. The van der Waals surface area contributed by atoms with E-state index in [1.165, 1.54) is 50.1 Å². The molecule has 0 fully saturated rings. The van der Waals surface area contributed by atoms with E-state index in [2.05, 4.69) is 117 Å². The molecule has 4 rings (SSSR count). The SMILES string of the molecule is Cc1cc2cc(-c3cccc(-c4ccccc4)c3)[n+](C)c(N(C)C)c2cc1C.[I-]. The predicted octanol–water partition coefficient (Wildman–Crippen LogP) is 2.69. The number of benzene rings is 3. The summed E-state index contributed by atoms with van der Waals surface area (Å²) in [6, 6.07) is 26.3. The van der Waals surface area contributed by atoms with Gasteiger partial charge in [0.2, 0.25) is 0 Å². The summed E-state index contributed by atoms with van der Waals surface area (Å²) in [5.74, 6) is 1.22. The average Bonchev–Trinajstić information content (AvgIpc) is 2.69. The van der Waals surface area contributed by atoms with Crippen LogP contribution in [0, 0.1) is 13.8 Å². The number of pyridine rings is 1. The summed E-state index contributed by atoms with van der Waals surface area (Å²) in [7, 11) is 6.40. The predicted molar refractivity (Wildman–Crippen MR) is 120 cm³/mol. The largest absolute Gasteiger partial charge is 1.00 e. The van der Waals surface area contributed by atoms with Crippen LogP contribution in [0.4, 0.5) is 5.82 Å². The summed E-state index contributed by atoms with van der Waals surface area (Å²) in [6.07, 6.45) is 0. The maximum Gasteiger partial charge on any atom is 0.284 e. The lowest BCUT2D eigenvalue weighted by atomic mass is 9.98. The van der Waals surface area contributed by atoms with E-state index in [0.29, 0.717) is 0 Å². The quantitative estimate of drug-likeness (QED) is 0.314. The molecule has 2 nitrogen and oxygen atoms in total. The third kappa shape index (κ3) is 4.01. The van der Waals surface area contributed by atoms with Crippen LogP contribution in [0.3, 0.4) is 0 Å². The van der Waals surface area contributed by atoms with Crippen LogP contribution in [-0.4, -0.2) is 14.1 Å². The Hall–Kier alpha value is -2.40. The van der Waals surface area contributed by atoms with Gasteiger partial charge in [0.1, 0.15) is 5.69 Å². The average molecular weight is 494 g/mol. The zero-order valence-corrected chi connectivity index (χ0v) is 19.9. The second kappa shape index (κ2) is 8.54. The Morgan fingerprint density at radius 2 is 1.31 bits per heavy atom. The fourth-order valence-electron chi connectivity index (χ4n) is 4.00. The van der Waals surface area contributed by atoms with Crippen molar-refractivity contribution in [3.05, 3.63) is 83.9 Å². The van der Waals surface area contributed by atoms with E-state index < -0.39 is 0 Å². The highest BCUT2D eigenvalue weighted by molar-refractivity contribution is 5.94. The van der Waals surface area contributed by atoms with E-state index in [4.69, 9.17) is 0 Å². The third-order valence-electron chi connectivity index (χ3n) is 5.57. The molecule has 0 aliphatic rings. The van der Waals surface area contributed by atoms with Gasteiger partial charge in [-0.25, -0.2) is 4.57 Å². The summed E-state index contributed by atoms with van der Waals surface area (Å²) in [5.41, 5.74) is 7.59. The van der Waals surface area contributed by atoms with Gasteiger partial charge in [0.25, 0.3) is 5.82 Å². The van der Waals surface area contributed by atoms with Crippen molar-refractivity contribution in [3.63, 3.8) is 0 Å². The minimum Gasteiger partial charge on any atom is -1.00 e. The number of halogens is 1. The van der Waals surface area contributed by atoms with Crippen LogP contribution in [-0.2, 0) is 7.05 Å². The van der Waals surface area contributed by atoms with E-state index in [1.54, 1.807) is 0 Å². The lowest BCUT2D eigenvalue weighted by Crippen LogP contribution is -3.00. The van der Waals surface area contributed by atoms with Gasteiger partial charge in [0, 0.05) is 5.56 Å². The van der Waals surface area contributed by atoms with Crippen LogP contribution in [0.5, 0.6) is 0 Å². The lowest BCUT2D eigenvalue weighted by molar-refractivity contribution is -0.646. The first kappa shape index (κ1) is 21.3. The second-order valence-corrected chi connectivity index (χ2v) is 7.78. The van der Waals surface area contributed by atoms with Gasteiger partial charge < -0.3 is 24.0 Å². The lowest BCUT2D eigenvalue weighted by Gasteiger charge is -2.17. The summed E-state index contributed by atoms with van der Waals surface area (Å²) in [5, 5.41) is 2.57. The minimum atomic E-state index is 0. The van der Waals surface area contributed by atoms with Crippen molar-refractivity contribution in [2.75, 3.05) is 19.0 Å². The molecule has 1 heterocycles. The summed E-state index contributed by atoms with van der Waals surface area (Å²) >= 11 is 0. The fraction of sp³-hybridized carbons (Fsp3) is 0.192. The van der Waals surface area contributed by atoms with Gasteiger partial charge in [-0.1, -0.05) is 54.6 Å². The van der Waals surface area contributed by atoms with Crippen molar-refractivity contribution in [2.24, 2.45) is 7.05 Å². The van der Waals surface area contributed by atoms with Crippen molar-refractivity contribution in [2.45, 2.75) is 13.8 Å². The third-order valence-corrected chi connectivity index (χ3v) is 5.57. The van der Waals surface area contributed by atoms with Gasteiger partial charge in [-0.2, -0.15) is 0 Å². The highest BCUT2D eigenvalue weighted by atomic mass is 127. The normalized spacial score (nSPS) is 10.7. The highest BCUT2D eigenvalue weighted by Gasteiger charge is 2.20. The van der Waals surface area contributed by atoms with Gasteiger partial charge in [-0.3, -0.25) is 4.90 Å². The summed E-state index contributed by atoms with van der Waals surface area (Å²) in [4.78, 5) is 2.21. The Morgan fingerprint density at radius 3 is 2.00 bits per heavy atom.